The van der Waals surface area contributed by atoms with E-state index in [4.69, 9.17) is 0 Å². The minimum absolute atomic E-state index is 0.621. The average molecular weight is 246 g/mol. The van der Waals surface area contributed by atoms with Gasteiger partial charge in [-0.25, -0.2) is 0 Å². The van der Waals surface area contributed by atoms with Gasteiger partial charge < -0.3 is 5.32 Å². The second-order valence-electron chi connectivity index (χ2n) is 5.08. The summed E-state index contributed by atoms with van der Waals surface area (Å²) in [5, 5.41) is 3.54. The topological polar surface area (TPSA) is 15.3 Å². The summed E-state index contributed by atoms with van der Waals surface area (Å²) < 4.78 is 0. The van der Waals surface area contributed by atoms with Crippen LogP contribution in [0, 0.1) is 5.92 Å². The largest absolute Gasteiger partial charge is 0.315 e. The average Bonchev–Trinajstić information content (AvgIpc) is 2.24. The molecule has 0 aromatic heterocycles. The van der Waals surface area contributed by atoms with Crippen molar-refractivity contribution >= 4 is 11.8 Å². The van der Waals surface area contributed by atoms with Gasteiger partial charge >= 0.3 is 0 Å². The van der Waals surface area contributed by atoms with Gasteiger partial charge in [0.25, 0.3) is 0 Å². The van der Waals surface area contributed by atoms with Crippen molar-refractivity contribution in [2.45, 2.75) is 46.2 Å². The van der Waals surface area contributed by atoms with E-state index in [-0.39, 0.29) is 0 Å². The molecule has 2 atom stereocenters. The Hall–Kier alpha value is 0.270. The van der Waals surface area contributed by atoms with E-state index in [0.29, 0.717) is 12.1 Å². The number of hydrogen-bond donors (Lipinski definition) is 1. The maximum atomic E-state index is 3.54. The lowest BCUT2D eigenvalue weighted by Crippen LogP contribution is -2.45. The van der Waals surface area contributed by atoms with Gasteiger partial charge in [-0.2, -0.15) is 11.8 Å². The van der Waals surface area contributed by atoms with Crippen LogP contribution in [0.25, 0.3) is 0 Å². The van der Waals surface area contributed by atoms with E-state index < -0.39 is 0 Å². The molecule has 0 rings (SSSR count). The Labute approximate surface area is 107 Å². The highest BCUT2D eigenvalue weighted by atomic mass is 32.2. The maximum absolute atomic E-state index is 3.54. The molecule has 3 heteroatoms. The molecular formula is C13H30N2S. The Bertz CT molecular complexity index is 162. The molecule has 0 aliphatic heterocycles. The van der Waals surface area contributed by atoms with Crippen LogP contribution in [0.1, 0.15) is 34.1 Å². The normalized spacial score (nSPS) is 15.8. The number of thioether (sulfide) groups is 1. The standard InChI is InChI=1S/C13H30N2S/c1-7-13(10-16-6)15(5)12(4)9-14-8-11(2)3/h11-14H,7-10H2,1-6H3. The summed E-state index contributed by atoms with van der Waals surface area (Å²) in [5.74, 6) is 1.98. The Morgan fingerprint density at radius 1 is 1.19 bits per heavy atom. The second-order valence-corrected chi connectivity index (χ2v) is 5.99. The van der Waals surface area contributed by atoms with Crippen molar-refractivity contribution in [3.63, 3.8) is 0 Å². The lowest BCUT2D eigenvalue weighted by atomic mass is 10.1. The molecule has 0 radical (unpaired) electrons. The van der Waals surface area contributed by atoms with Crippen LogP contribution in [0.4, 0.5) is 0 Å². The van der Waals surface area contributed by atoms with Crippen molar-refractivity contribution in [2.75, 3.05) is 32.1 Å². The minimum atomic E-state index is 0.621. The molecule has 0 saturated carbocycles. The molecule has 0 saturated heterocycles. The van der Waals surface area contributed by atoms with Crippen LogP contribution in [0.15, 0.2) is 0 Å². The van der Waals surface area contributed by atoms with Gasteiger partial charge in [-0.3, -0.25) is 4.90 Å². The molecule has 0 aliphatic carbocycles. The number of likely N-dealkylation sites (N-methyl/N-ethyl adjacent to an activating group) is 1. The van der Waals surface area contributed by atoms with E-state index in [2.05, 4.69) is 51.2 Å². The summed E-state index contributed by atoms with van der Waals surface area (Å²) in [6, 6.07) is 1.33. The monoisotopic (exact) mass is 246 g/mol. The summed E-state index contributed by atoms with van der Waals surface area (Å²) in [6.07, 6.45) is 3.43. The highest BCUT2D eigenvalue weighted by Gasteiger charge is 2.17. The first-order valence-electron chi connectivity index (χ1n) is 6.44. The quantitative estimate of drug-likeness (QED) is 0.673. The van der Waals surface area contributed by atoms with Crippen LogP contribution in [-0.2, 0) is 0 Å². The molecule has 0 fully saturated rings. The molecule has 0 heterocycles. The van der Waals surface area contributed by atoms with Gasteiger partial charge in [0.05, 0.1) is 0 Å². The first kappa shape index (κ1) is 16.3. The molecule has 0 aromatic carbocycles. The summed E-state index contributed by atoms with van der Waals surface area (Å²) in [6.45, 7) is 11.3. The van der Waals surface area contributed by atoms with E-state index in [1.807, 2.05) is 11.8 Å². The van der Waals surface area contributed by atoms with Gasteiger partial charge in [0.15, 0.2) is 0 Å². The van der Waals surface area contributed by atoms with Gasteiger partial charge in [0, 0.05) is 24.4 Å². The van der Waals surface area contributed by atoms with Crippen molar-refractivity contribution in [3.8, 4) is 0 Å². The molecule has 2 nitrogen and oxygen atoms in total. The molecule has 0 amide bonds. The molecule has 98 valence electrons. The van der Waals surface area contributed by atoms with Gasteiger partial charge in [-0.1, -0.05) is 20.8 Å². The summed E-state index contributed by atoms with van der Waals surface area (Å²) >= 11 is 1.95. The Balaban J connectivity index is 3.90. The third kappa shape index (κ3) is 6.77. The summed E-state index contributed by atoms with van der Waals surface area (Å²) in [7, 11) is 2.26. The molecule has 1 N–H and O–H groups in total. The third-order valence-electron chi connectivity index (χ3n) is 3.09. The van der Waals surface area contributed by atoms with E-state index in [0.717, 1.165) is 19.0 Å². The zero-order chi connectivity index (χ0) is 12.6. The zero-order valence-corrected chi connectivity index (χ0v) is 12.7. The van der Waals surface area contributed by atoms with Crippen molar-refractivity contribution < 1.29 is 0 Å². The second kappa shape index (κ2) is 9.32. The predicted molar refractivity (Wildman–Crippen MR) is 77.4 cm³/mol. The van der Waals surface area contributed by atoms with Crippen LogP contribution in [0.2, 0.25) is 0 Å². The van der Waals surface area contributed by atoms with Crippen LogP contribution < -0.4 is 5.32 Å². The van der Waals surface area contributed by atoms with Gasteiger partial charge in [-0.05, 0) is 39.1 Å². The van der Waals surface area contributed by atoms with Crippen LogP contribution >= 0.6 is 11.8 Å². The molecule has 0 aromatic rings. The van der Waals surface area contributed by atoms with Crippen LogP contribution in [-0.4, -0.2) is 49.1 Å². The predicted octanol–water partition coefficient (Wildman–Crippen LogP) is 2.69. The molecule has 0 spiro atoms. The molecule has 16 heavy (non-hydrogen) atoms. The van der Waals surface area contributed by atoms with E-state index in [1.54, 1.807) is 0 Å². The van der Waals surface area contributed by atoms with E-state index >= 15 is 0 Å². The van der Waals surface area contributed by atoms with Crippen molar-refractivity contribution in [3.05, 3.63) is 0 Å². The fraction of sp³-hybridized carbons (Fsp3) is 1.00. The number of nitrogens with one attached hydrogen (secondary N) is 1. The Morgan fingerprint density at radius 3 is 2.25 bits per heavy atom. The molecule has 2 unspecified atom stereocenters. The van der Waals surface area contributed by atoms with Crippen molar-refractivity contribution in [1.29, 1.82) is 0 Å². The fourth-order valence-corrected chi connectivity index (χ4v) is 2.66. The van der Waals surface area contributed by atoms with Crippen LogP contribution in [0.3, 0.4) is 0 Å². The first-order chi connectivity index (χ1) is 7.52. The maximum Gasteiger partial charge on any atom is 0.0192 e. The van der Waals surface area contributed by atoms with Gasteiger partial charge in [0.2, 0.25) is 0 Å². The molecule has 0 aliphatic rings. The smallest absolute Gasteiger partial charge is 0.0192 e. The fourth-order valence-electron chi connectivity index (χ4n) is 1.80. The number of hydrogen-bond acceptors (Lipinski definition) is 3. The van der Waals surface area contributed by atoms with Gasteiger partial charge in [-0.15, -0.1) is 0 Å². The third-order valence-corrected chi connectivity index (χ3v) is 3.81. The first-order valence-corrected chi connectivity index (χ1v) is 7.83. The highest BCUT2D eigenvalue weighted by molar-refractivity contribution is 7.98. The Kier molecular flexibility index (Phi) is 9.47. The lowest BCUT2D eigenvalue weighted by molar-refractivity contribution is 0.190. The summed E-state index contributed by atoms with van der Waals surface area (Å²) in [4.78, 5) is 2.52. The lowest BCUT2D eigenvalue weighted by Gasteiger charge is -2.32. The number of nitrogens with zero attached hydrogens (tertiary/aromatic N) is 1. The minimum Gasteiger partial charge on any atom is -0.315 e. The Morgan fingerprint density at radius 2 is 1.81 bits per heavy atom. The summed E-state index contributed by atoms with van der Waals surface area (Å²) in [5.41, 5.74) is 0. The molecular weight excluding hydrogens is 216 g/mol. The van der Waals surface area contributed by atoms with Crippen molar-refractivity contribution in [2.24, 2.45) is 5.92 Å². The van der Waals surface area contributed by atoms with Gasteiger partial charge in [0.1, 0.15) is 0 Å². The zero-order valence-electron chi connectivity index (χ0n) is 11.9. The SMILES string of the molecule is CCC(CSC)N(C)C(C)CNCC(C)C. The van der Waals surface area contributed by atoms with E-state index in [1.165, 1.54) is 12.2 Å². The van der Waals surface area contributed by atoms with Crippen LogP contribution in [0.5, 0.6) is 0 Å². The number of rotatable bonds is 9. The highest BCUT2D eigenvalue weighted by Crippen LogP contribution is 2.11. The molecule has 0 bridgehead atoms. The van der Waals surface area contributed by atoms with Crippen molar-refractivity contribution in [1.82, 2.24) is 10.2 Å². The van der Waals surface area contributed by atoms with E-state index in [9.17, 15) is 0 Å².